The molecule has 5 heteroatoms. The van der Waals surface area contributed by atoms with Crippen molar-refractivity contribution in [3.05, 3.63) is 35.2 Å². The number of carbonyl (C=O) groups excluding carboxylic acids is 1. The van der Waals surface area contributed by atoms with Gasteiger partial charge in [0.05, 0.1) is 17.7 Å². The Labute approximate surface area is 133 Å². The van der Waals surface area contributed by atoms with Crippen molar-refractivity contribution in [2.45, 2.75) is 25.0 Å². The van der Waals surface area contributed by atoms with Crippen LogP contribution in [0.2, 0.25) is 0 Å². The summed E-state index contributed by atoms with van der Waals surface area (Å²) in [5, 5.41) is 19.7. The Bertz CT molecular complexity index is 699. The van der Waals surface area contributed by atoms with Crippen LogP contribution in [0, 0.1) is 11.8 Å². The van der Waals surface area contributed by atoms with Gasteiger partial charge in [0.15, 0.2) is 0 Å². The van der Waals surface area contributed by atoms with Crippen molar-refractivity contribution in [1.82, 2.24) is 10.6 Å². The maximum atomic E-state index is 12.6. The highest BCUT2D eigenvalue weighted by Gasteiger charge is 2.39. The number of aliphatic hydroxyl groups is 1. The molecule has 4 atom stereocenters. The smallest absolute Gasteiger partial charge is 0.253 e. The number of aliphatic hydroxyl groups excluding tert-OH is 1. The minimum absolute atomic E-state index is 0.0640. The molecule has 1 aliphatic heterocycles. The molecule has 1 aromatic heterocycles. The quantitative estimate of drug-likeness (QED) is 0.794. The van der Waals surface area contributed by atoms with E-state index in [1.54, 1.807) is 11.3 Å². The molecule has 4 nitrogen and oxygen atoms in total. The minimum Gasteiger partial charge on any atom is -0.391 e. The fraction of sp³-hybridized carbons (Fsp3) is 0.471. The average molecular weight is 316 g/mol. The van der Waals surface area contributed by atoms with Crippen LogP contribution in [-0.2, 0) is 0 Å². The molecule has 116 valence electrons. The van der Waals surface area contributed by atoms with Crippen LogP contribution in [-0.4, -0.2) is 36.2 Å². The van der Waals surface area contributed by atoms with Crippen molar-refractivity contribution in [2.24, 2.45) is 11.8 Å². The van der Waals surface area contributed by atoms with E-state index in [1.807, 2.05) is 29.6 Å². The largest absolute Gasteiger partial charge is 0.391 e. The van der Waals surface area contributed by atoms with Crippen LogP contribution in [0.5, 0.6) is 0 Å². The lowest BCUT2D eigenvalue weighted by molar-refractivity contribution is 0.0463. The van der Waals surface area contributed by atoms with Gasteiger partial charge in [-0.05, 0) is 43.8 Å². The zero-order valence-corrected chi connectivity index (χ0v) is 13.1. The Morgan fingerprint density at radius 1 is 1.23 bits per heavy atom. The van der Waals surface area contributed by atoms with Gasteiger partial charge in [0, 0.05) is 15.5 Å². The number of hydrogen-bond acceptors (Lipinski definition) is 4. The second kappa shape index (κ2) is 5.65. The maximum absolute atomic E-state index is 12.6. The number of carbonyl (C=O) groups is 1. The van der Waals surface area contributed by atoms with E-state index in [-0.39, 0.29) is 11.9 Å². The Hall–Kier alpha value is -1.43. The first-order valence-corrected chi connectivity index (χ1v) is 8.76. The van der Waals surface area contributed by atoms with Crippen LogP contribution in [0.25, 0.3) is 10.1 Å². The number of thiophene rings is 1. The van der Waals surface area contributed by atoms with Crippen LogP contribution in [0.4, 0.5) is 0 Å². The predicted molar refractivity (Wildman–Crippen MR) is 88.2 cm³/mol. The second-order valence-electron chi connectivity index (χ2n) is 6.44. The summed E-state index contributed by atoms with van der Waals surface area (Å²) < 4.78 is 1.12. The molecule has 0 spiro atoms. The van der Waals surface area contributed by atoms with E-state index in [9.17, 15) is 9.90 Å². The third-order valence-electron chi connectivity index (χ3n) is 5.09. The van der Waals surface area contributed by atoms with Crippen molar-refractivity contribution >= 4 is 27.3 Å². The van der Waals surface area contributed by atoms with E-state index >= 15 is 0 Å². The Morgan fingerprint density at radius 2 is 2.00 bits per heavy atom. The summed E-state index contributed by atoms with van der Waals surface area (Å²) >= 11 is 1.59. The van der Waals surface area contributed by atoms with E-state index in [0.29, 0.717) is 11.8 Å². The van der Waals surface area contributed by atoms with Gasteiger partial charge in [0.2, 0.25) is 0 Å². The fourth-order valence-corrected chi connectivity index (χ4v) is 4.79. The number of amides is 1. The number of benzene rings is 1. The molecule has 2 fully saturated rings. The maximum Gasteiger partial charge on any atom is 0.253 e. The molecule has 2 heterocycles. The third-order valence-corrected chi connectivity index (χ3v) is 6.05. The summed E-state index contributed by atoms with van der Waals surface area (Å²) in [6, 6.07) is 7.82. The van der Waals surface area contributed by atoms with Gasteiger partial charge in [-0.15, -0.1) is 11.3 Å². The molecule has 0 unspecified atom stereocenters. The van der Waals surface area contributed by atoms with E-state index in [1.165, 1.54) is 0 Å². The molecule has 1 aliphatic carbocycles. The third kappa shape index (κ3) is 2.43. The molecule has 0 bridgehead atoms. The molecule has 1 saturated heterocycles. The van der Waals surface area contributed by atoms with Crippen molar-refractivity contribution in [3.63, 3.8) is 0 Å². The lowest BCUT2D eigenvalue weighted by atomic mass is 9.77. The van der Waals surface area contributed by atoms with Gasteiger partial charge < -0.3 is 15.7 Å². The minimum atomic E-state index is -0.435. The number of hydrogen-bond donors (Lipinski definition) is 3. The SMILES string of the molecule is O=C(N[C@H]1C[C@H]2CNC[C@H]2C[C@@H]1O)c1csc2ccccc12. The van der Waals surface area contributed by atoms with Crippen LogP contribution in [0.1, 0.15) is 23.2 Å². The molecule has 2 aliphatic rings. The van der Waals surface area contributed by atoms with E-state index < -0.39 is 6.10 Å². The van der Waals surface area contributed by atoms with Crippen LogP contribution < -0.4 is 10.6 Å². The van der Waals surface area contributed by atoms with E-state index in [2.05, 4.69) is 10.6 Å². The first-order chi connectivity index (χ1) is 10.7. The first-order valence-electron chi connectivity index (χ1n) is 7.88. The highest BCUT2D eigenvalue weighted by atomic mass is 32.1. The predicted octanol–water partition coefficient (Wildman–Crippen LogP) is 1.99. The van der Waals surface area contributed by atoms with Crippen molar-refractivity contribution in [1.29, 1.82) is 0 Å². The molecule has 22 heavy (non-hydrogen) atoms. The standard InChI is InChI=1S/C17H20N2O2S/c20-15-6-11-8-18-7-10(11)5-14(15)19-17(21)13-9-22-16-4-2-1-3-12(13)16/h1-4,9-11,14-15,18,20H,5-8H2,(H,19,21)/t10-,11+,14-,15-/m0/s1. The van der Waals surface area contributed by atoms with Gasteiger partial charge in [-0.2, -0.15) is 0 Å². The van der Waals surface area contributed by atoms with Gasteiger partial charge in [-0.3, -0.25) is 4.79 Å². The van der Waals surface area contributed by atoms with Gasteiger partial charge in [0.25, 0.3) is 5.91 Å². The summed E-state index contributed by atoms with van der Waals surface area (Å²) in [6.07, 6.45) is 1.22. The highest BCUT2D eigenvalue weighted by Crippen LogP contribution is 2.33. The van der Waals surface area contributed by atoms with E-state index in [4.69, 9.17) is 0 Å². The zero-order chi connectivity index (χ0) is 15.1. The zero-order valence-electron chi connectivity index (χ0n) is 12.3. The molecular weight excluding hydrogens is 296 g/mol. The fourth-order valence-electron chi connectivity index (χ4n) is 3.85. The lowest BCUT2D eigenvalue weighted by Crippen LogP contribution is -2.49. The Balaban J connectivity index is 1.51. The van der Waals surface area contributed by atoms with E-state index in [0.717, 1.165) is 41.6 Å². The molecule has 0 radical (unpaired) electrons. The monoisotopic (exact) mass is 316 g/mol. The van der Waals surface area contributed by atoms with Crippen molar-refractivity contribution < 1.29 is 9.90 Å². The first kappa shape index (κ1) is 14.2. The molecule has 1 aromatic carbocycles. The summed E-state index contributed by atoms with van der Waals surface area (Å²) in [4.78, 5) is 12.6. The average Bonchev–Trinajstić information content (AvgIpc) is 3.13. The van der Waals surface area contributed by atoms with Gasteiger partial charge in [-0.25, -0.2) is 0 Å². The molecule has 4 rings (SSSR count). The molecule has 2 aromatic rings. The number of nitrogens with one attached hydrogen (secondary N) is 2. The highest BCUT2D eigenvalue weighted by molar-refractivity contribution is 7.17. The normalized spacial score (nSPS) is 31.1. The molecular formula is C17H20N2O2S. The summed E-state index contributed by atoms with van der Waals surface area (Å²) in [5.41, 5.74) is 0.722. The van der Waals surface area contributed by atoms with Crippen molar-refractivity contribution in [2.75, 3.05) is 13.1 Å². The van der Waals surface area contributed by atoms with Crippen molar-refractivity contribution in [3.8, 4) is 0 Å². The van der Waals surface area contributed by atoms with Gasteiger partial charge >= 0.3 is 0 Å². The van der Waals surface area contributed by atoms with Crippen LogP contribution >= 0.6 is 11.3 Å². The lowest BCUT2D eigenvalue weighted by Gasteiger charge is -2.35. The Kier molecular flexibility index (Phi) is 3.64. The molecule has 3 N–H and O–H groups in total. The van der Waals surface area contributed by atoms with Crippen LogP contribution in [0.15, 0.2) is 29.6 Å². The summed E-state index contributed by atoms with van der Waals surface area (Å²) in [5.74, 6) is 1.07. The molecule has 1 saturated carbocycles. The molecule has 1 amide bonds. The van der Waals surface area contributed by atoms with Gasteiger partial charge in [0.1, 0.15) is 0 Å². The van der Waals surface area contributed by atoms with Crippen LogP contribution in [0.3, 0.4) is 0 Å². The second-order valence-corrected chi connectivity index (χ2v) is 7.35. The topological polar surface area (TPSA) is 61.4 Å². The summed E-state index contributed by atoms with van der Waals surface area (Å²) in [6.45, 7) is 2.00. The van der Waals surface area contributed by atoms with Gasteiger partial charge in [-0.1, -0.05) is 18.2 Å². The summed E-state index contributed by atoms with van der Waals surface area (Å²) in [7, 11) is 0. The number of rotatable bonds is 2. The number of fused-ring (bicyclic) bond motifs is 2. The Morgan fingerprint density at radius 3 is 2.86 bits per heavy atom.